The molecule has 648 valence electrons. The first-order chi connectivity index (χ1) is 55.4. The highest BCUT2D eigenvalue weighted by molar-refractivity contribution is 8.76. The summed E-state index contributed by atoms with van der Waals surface area (Å²) < 4.78 is 0. The van der Waals surface area contributed by atoms with Crippen LogP contribution in [0.25, 0.3) is 0 Å². The first-order valence-corrected chi connectivity index (χ1v) is 40.0. The van der Waals surface area contributed by atoms with Crippen molar-refractivity contribution in [2.45, 2.75) is 184 Å². The van der Waals surface area contributed by atoms with Crippen molar-refractivity contribution in [3.8, 4) is 0 Å². The van der Waals surface area contributed by atoms with E-state index in [1.807, 2.05) is 0 Å². The molecule has 0 bridgehead atoms. The van der Waals surface area contributed by atoms with E-state index in [0.717, 1.165) is 21.6 Å². The largest absolute Gasteiger partial charge is 0.481 e. The maximum absolute atomic E-state index is 15.1. The van der Waals surface area contributed by atoms with Crippen molar-refractivity contribution in [2.24, 2.45) is 66.9 Å². The predicted octanol–water partition coefficient (Wildman–Crippen LogP) is -8.94. The van der Waals surface area contributed by atoms with Crippen molar-refractivity contribution in [2.75, 3.05) is 57.4 Å². The molecule has 1 saturated heterocycles. The lowest BCUT2D eigenvalue weighted by atomic mass is 9.96. The number of rotatable bonds is 33. The van der Waals surface area contributed by atoms with Gasteiger partial charge in [-0.2, -0.15) is 0 Å². The molecular weight excluding hydrogens is 1570 g/mol. The van der Waals surface area contributed by atoms with E-state index in [2.05, 4.69) is 89.4 Å². The number of nitrogens with one attached hydrogen (secondary N) is 14. The van der Waals surface area contributed by atoms with Crippen molar-refractivity contribution in [3.05, 3.63) is 71.8 Å². The zero-order chi connectivity index (χ0) is 87.4. The highest BCUT2D eigenvalue weighted by atomic mass is 33.1. The average Bonchev–Trinajstić information content (AvgIpc) is 0.851. The van der Waals surface area contributed by atoms with E-state index in [9.17, 15) is 87.5 Å². The highest BCUT2D eigenvalue weighted by Crippen LogP contribution is 2.25. The van der Waals surface area contributed by atoms with Gasteiger partial charge in [-0.15, -0.1) is 0 Å². The normalized spacial score (nSPS) is 21.9. The molecule has 117 heavy (non-hydrogen) atoms. The van der Waals surface area contributed by atoms with Gasteiger partial charge in [0.25, 0.3) is 0 Å². The minimum Gasteiger partial charge on any atom is -0.481 e. The number of carbonyl (C=O) groups excluding carboxylic acids is 14. The van der Waals surface area contributed by atoms with Gasteiger partial charge in [0.1, 0.15) is 78.5 Å². The van der Waals surface area contributed by atoms with Crippen LogP contribution in [0.2, 0.25) is 0 Å². The van der Waals surface area contributed by atoms with Crippen LogP contribution in [-0.2, 0) is 89.6 Å². The molecular formula is C71H112N24O20S2. The smallest absolute Gasteiger partial charge is 0.326 e. The van der Waals surface area contributed by atoms with E-state index in [0.29, 0.717) is 11.1 Å². The Morgan fingerprint density at radius 3 is 1.52 bits per heavy atom. The summed E-state index contributed by atoms with van der Waals surface area (Å²) in [4.78, 5) is 237. The lowest BCUT2D eigenvalue weighted by molar-refractivity contribution is -0.143. The van der Waals surface area contributed by atoms with E-state index >= 15 is 9.59 Å². The summed E-state index contributed by atoms with van der Waals surface area (Å²) in [6, 6.07) is -5.63. The number of amides is 14. The molecule has 15 atom stereocenters. The number of carbonyl (C=O) groups is 16. The number of aliphatic hydroxyl groups excluding tert-OH is 2. The molecule has 0 aliphatic carbocycles. The summed E-state index contributed by atoms with van der Waals surface area (Å²) in [7, 11) is 1.45. The Morgan fingerprint density at radius 1 is 0.504 bits per heavy atom. The van der Waals surface area contributed by atoms with Gasteiger partial charge in [0.15, 0.2) is 17.9 Å². The van der Waals surface area contributed by atoms with Gasteiger partial charge < -0.3 is 135 Å². The predicted molar refractivity (Wildman–Crippen MR) is 431 cm³/mol. The molecule has 44 nitrogen and oxygen atoms in total. The summed E-state index contributed by atoms with van der Waals surface area (Å²) >= 11 is 0. The zero-order valence-corrected chi connectivity index (χ0v) is 67.2. The summed E-state index contributed by atoms with van der Waals surface area (Å²) in [5.74, 6) is -22.0. The van der Waals surface area contributed by atoms with Gasteiger partial charge in [-0.25, -0.2) is 4.79 Å². The molecule has 1 aliphatic heterocycles. The molecule has 3 rings (SSSR count). The summed E-state index contributed by atoms with van der Waals surface area (Å²) in [5, 5.41) is 74.7. The molecule has 46 heteroatoms. The number of guanidine groups is 3. The number of carboxylic acids is 2. The second-order valence-electron chi connectivity index (χ2n) is 27.3. The number of hydrogen-bond acceptors (Lipinski definition) is 24. The standard InChI is InChI=1S/C71H112N24O20S2/c1-6-36(3)54-66(112)86-43(22-15-25-80-70(75)76)59(105)90-47(29-53(100)101)62(108)95-55(37(4)7-2)67(113)93-50(65(111)89-46(28-40-19-12-9-13-20-40)61(107)87-44(68(114)115)23-16-26-81-71(77)78)35-117-116-34-49(92-63(109)48(33-97)91-57(103)41(72)32-96)64(110)84-38(5)56(102)88-45(27-39-17-10-8-11-18-39)58(104)83-30-51(98)82-31-52(99)85-42(60(106)94-54)21-14-24-79-69(73)74/h8-13,17-20,36-38,41-50,54-55,96-97H,6-7,14-16,21-35,72H2,1-5H3,(H,82,98)(H,83,104)(H,84,110)(H,85,99)(H,86,112)(H,87,107)(H,88,102)(H,89,111)(H,90,105)(H,91,103)(H,92,109)(H,93,113)(H,94,106)(H,95,108)(H,100,101)(H,114,115)(H4,73,74,79)(H4,75,76,80)(H4,77,78,81)/t36-,37-,38+,41-,42+,43+,44+,45+,46+,47-,48-,49+,50+,54-,55+/m0/s1. The van der Waals surface area contributed by atoms with Crippen LogP contribution in [0.5, 0.6) is 0 Å². The van der Waals surface area contributed by atoms with Crippen LogP contribution >= 0.6 is 21.6 Å². The number of nitrogens with two attached hydrogens (primary N) is 7. The molecule has 14 amide bonds. The van der Waals surface area contributed by atoms with Crippen LogP contribution in [0.4, 0.5) is 0 Å². The summed E-state index contributed by atoms with van der Waals surface area (Å²) in [6.45, 7) is 3.66. The first-order valence-electron chi connectivity index (χ1n) is 37.5. The van der Waals surface area contributed by atoms with Gasteiger partial charge in [0, 0.05) is 44.0 Å². The molecule has 2 aromatic carbocycles. The van der Waals surface area contributed by atoms with Crippen molar-refractivity contribution >= 4 is 134 Å². The number of aliphatic carboxylic acids is 2. The number of aliphatic imine (C=N–C) groups is 3. The fourth-order valence-corrected chi connectivity index (χ4v) is 13.3. The van der Waals surface area contributed by atoms with Gasteiger partial charge in [0.05, 0.1) is 32.7 Å². The summed E-state index contributed by atoms with van der Waals surface area (Å²) in [6.07, 6.45) is -2.10. The molecule has 1 heterocycles. The molecule has 1 fully saturated rings. The van der Waals surface area contributed by atoms with Gasteiger partial charge in [-0.1, -0.05) is 123 Å². The second kappa shape index (κ2) is 52.8. The van der Waals surface area contributed by atoms with Crippen molar-refractivity contribution in [3.63, 3.8) is 0 Å². The monoisotopic (exact) mass is 1680 g/mol. The Labute approximate surface area is 682 Å². The Balaban J connectivity index is 2.38. The molecule has 0 spiro atoms. The maximum atomic E-state index is 15.1. The number of benzene rings is 2. The third-order valence-corrected chi connectivity index (χ3v) is 20.4. The van der Waals surface area contributed by atoms with Crippen LogP contribution in [0.3, 0.4) is 0 Å². The number of aliphatic hydroxyl groups is 2. The van der Waals surface area contributed by atoms with Crippen LogP contribution < -0.4 is 115 Å². The van der Waals surface area contributed by atoms with Gasteiger partial charge in [0.2, 0.25) is 82.7 Å². The Hall–Kier alpha value is -11.6. The SMILES string of the molecule is CC[C@H](C)[C@@H]1NC(=O)[C@@H](CCCN=C(N)N)NC(=O)CNC(=O)CNC(=O)[C@@H](Cc2ccccc2)NC(=O)[C@@H](C)NC(=O)[C@H](NC(=O)[C@H](CO)NC(=O)[C@@H](N)CO)CSSC[C@H](C(=O)N[C@H](Cc2ccccc2)C(=O)N[C@H](CCCN=C(N)N)C(=O)O)NC(=O)[C@@H]([C@@H](C)CC)NC(=O)[C@H](CC(=O)O)NC(=O)[C@@H](CCCN=C(N)N)NC1=O. The summed E-state index contributed by atoms with van der Waals surface area (Å²) in [5.41, 5.74) is 39.7. The highest BCUT2D eigenvalue weighted by Gasteiger charge is 2.39. The molecule has 32 N–H and O–H groups in total. The number of nitrogens with zero attached hydrogens (tertiary/aromatic N) is 3. The topological polar surface area (TPSA) is 742 Å². The fourth-order valence-electron chi connectivity index (χ4n) is 10.9. The van der Waals surface area contributed by atoms with Gasteiger partial charge in [-0.05, 0) is 68.4 Å². The van der Waals surface area contributed by atoms with E-state index in [1.54, 1.807) is 81.4 Å². The minimum atomic E-state index is -2.07. The Morgan fingerprint density at radius 2 is 0.991 bits per heavy atom. The van der Waals surface area contributed by atoms with Crippen LogP contribution in [0.15, 0.2) is 75.6 Å². The molecule has 1 aliphatic rings. The van der Waals surface area contributed by atoms with Crippen molar-refractivity contribution in [1.82, 2.24) is 74.4 Å². The Kier molecular flexibility index (Phi) is 44.9. The zero-order valence-electron chi connectivity index (χ0n) is 65.6. The van der Waals surface area contributed by atoms with E-state index in [1.165, 1.54) is 13.8 Å². The van der Waals surface area contributed by atoms with Gasteiger partial charge >= 0.3 is 11.9 Å². The molecule has 0 aromatic heterocycles. The molecule has 2 aromatic rings. The molecule has 0 radical (unpaired) electrons. The third-order valence-electron chi connectivity index (χ3n) is 18.0. The third kappa shape index (κ3) is 37.7. The van der Waals surface area contributed by atoms with Crippen molar-refractivity contribution in [1.29, 1.82) is 0 Å². The van der Waals surface area contributed by atoms with Gasteiger partial charge in [-0.3, -0.25) is 86.9 Å². The quantitative estimate of drug-likeness (QED) is 0.0137. The maximum Gasteiger partial charge on any atom is 0.326 e. The van der Waals surface area contributed by atoms with Crippen LogP contribution in [0, 0.1) is 11.8 Å². The number of hydrogen-bond donors (Lipinski definition) is 25. The Bertz CT molecular complexity index is 3780. The van der Waals surface area contributed by atoms with E-state index < -0.39 is 229 Å². The van der Waals surface area contributed by atoms with Crippen LogP contribution in [-0.4, -0.2) is 269 Å². The number of carboxylic acid groups (broad SMARTS) is 2. The minimum absolute atomic E-state index is 0.0312. The molecule has 0 unspecified atom stereocenters. The fraction of sp³-hybridized carbons (Fsp3) is 0.563. The van der Waals surface area contributed by atoms with Crippen molar-refractivity contribution < 1.29 is 97.1 Å². The lowest BCUT2D eigenvalue weighted by Crippen LogP contribution is -2.62. The second-order valence-corrected chi connectivity index (χ2v) is 29.8. The van der Waals surface area contributed by atoms with E-state index in [-0.39, 0.29) is 102 Å². The average molecular weight is 1690 g/mol. The van der Waals surface area contributed by atoms with Crippen LogP contribution in [0.1, 0.15) is 104 Å². The first kappa shape index (κ1) is 99.5. The lowest BCUT2D eigenvalue weighted by Gasteiger charge is -2.30. The molecule has 0 saturated carbocycles. The van der Waals surface area contributed by atoms with E-state index in [4.69, 9.17) is 40.1 Å².